The quantitative estimate of drug-likeness (QED) is 0.426. The molecule has 11 heteroatoms. The van der Waals surface area contributed by atoms with Crippen LogP contribution in [-0.4, -0.2) is 35.6 Å². The van der Waals surface area contributed by atoms with Crippen molar-refractivity contribution in [3.63, 3.8) is 0 Å². The molecule has 0 unspecified atom stereocenters. The van der Waals surface area contributed by atoms with E-state index in [9.17, 15) is 39.5 Å². The monoisotopic (exact) mass is 305 g/mol. The number of rotatable bonds is 5. The maximum absolute atomic E-state index is 12.7. The van der Waals surface area contributed by atoms with Gasteiger partial charge in [0.15, 0.2) is 0 Å². The number of nitrogens with zero attached hydrogens (tertiary/aromatic N) is 1. The Hall–Kier alpha value is -0.830. The first kappa shape index (κ1) is 17.2. The van der Waals surface area contributed by atoms with Crippen molar-refractivity contribution >= 4 is 17.4 Å². The van der Waals surface area contributed by atoms with Gasteiger partial charge in [0.05, 0.1) is 11.7 Å². The largest absolute Gasteiger partial charge is 0.460 e. The number of thiocarbonyl (C=S) groups is 1. The average molecular weight is 305 g/mol. The normalized spacial score (nSPS) is 14.3. The van der Waals surface area contributed by atoms with Crippen LogP contribution in [-0.2, 0) is 0 Å². The summed E-state index contributed by atoms with van der Waals surface area (Å²) in [6.45, 7) is -1.15. The maximum atomic E-state index is 12.7. The van der Waals surface area contributed by atoms with Gasteiger partial charge in [-0.1, -0.05) is 0 Å². The highest BCUT2D eigenvalue weighted by molar-refractivity contribution is 7.78. The van der Waals surface area contributed by atoms with Crippen LogP contribution in [0.25, 0.3) is 0 Å². The Bertz CT molecular complexity index is 341. The van der Waals surface area contributed by atoms with Gasteiger partial charge in [0.25, 0.3) is 0 Å². The molecule has 0 aromatic heterocycles. The van der Waals surface area contributed by atoms with Gasteiger partial charge in [0.1, 0.15) is 0 Å². The highest BCUT2D eigenvalue weighted by atomic mass is 32.1. The van der Waals surface area contributed by atoms with Crippen molar-refractivity contribution in [2.45, 2.75) is 30.4 Å². The molecule has 0 heterocycles. The highest BCUT2D eigenvalue weighted by Gasteiger charge is 2.81. The molecule has 0 bridgehead atoms. The SMILES string of the molecule is FC(F)(F)C(F)(F)C(F)(F)C(F)(F)CCN=C=S. The van der Waals surface area contributed by atoms with Crippen LogP contribution in [0, 0.1) is 0 Å². The van der Waals surface area contributed by atoms with Crippen molar-refractivity contribution in [1.82, 2.24) is 0 Å². The molecule has 18 heavy (non-hydrogen) atoms. The summed E-state index contributed by atoms with van der Waals surface area (Å²) in [5.41, 5.74) is 0. The van der Waals surface area contributed by atoms with Crippen LogP contribution >= 0.6 is 12.2 Å². The van der Waals surface area contributed by atoms with Gasteiger partial charge >= 0.3 is 23.9 Å². The Balaban J connectivity index is 5.28. The summed E-state index contributed by atoms with van der Waals surface area (Å²) in [5.74, 6) is -19.0. The summed E-state index contributed by atoms with van der Waals surface area (Å²) in [4.78, 5) is 2.74. The van der Waals surface area contributed by atoms with E-state index in [2.05, 4.69) is 17.2 Å². The number of halogens is 9. The molecule has 0 saturated heterocycles. The molecule has 0 saturated carbocycles. The fraction of sp³-hybridized carbons (Fsp3) is 0.857. The first-order chi connectivity index (χ1) is 7.81. The van der Waals surface area contributed by atoms with Crippen molar-refractivity contribution in [1.29, 1.82) is 0 Å². The van der Waals surface area contributed by atoms with E-state index >= 15 is 0 Å². The van der Waals surface area contributed by atoms with Gasteiger partial charge in [0.2, 0.25) is 0 Å². The fourth-order valence-corrected chi connectivity index (χ4v) is 0.898. The van der Waals surface area contributed by atoms with Crippen molar-refractivity contribution in [2.24, 2.45) is 4.99 Å². The minimum Gasteiger partial charge on any atom is -0.232 e. The second-order valence-electron chi connectivity index (χ2n) is 3.07. The average Bonchev–Trinajstić information content (AvgIpc) is 2.15. The molecule has 106 valence electrons. The summed E-state index contributed by atoms with van der Waals surface area (Å²) < 4.78 is 110. The molecule has 0 radical (unpaired) electrons. The fourth-order valence-electron chi connectivity index (χ4n) is 0.807. The highest BCUT2D eigenvalue weighted by Crippen LogP contribution is 2.53. The third kappa shape index (κ3) is 2.94. The van der Waals surface area contributed by atoms with E-state index in [0.717, 1.165) is 0 Å². The predicted molar refractivity (Wildman–Crippen MR) is 45.4 cm³/mol. The molecule has 0 aromatic carbocycles. The zero-order valence-electron chi connectivity index (χ0n) is 8.17. The van der Waals surface area contributed by atoms with E-state index in [4.69, 9.17) is 0 Å². The molecule has 0 rings (SSSR count). The van der Waals surface area contributed by atoms with E-state index in [1.807, 2.05) is 0 Å². The zero-order valence-corrected chi connectivity index (χ0v) is 8.99. The molecule has 0 aliphatic heterocycles. The van der Waals surface area contributed by atoms with Gasteiger partial charge in [-0.2, -0.15) is 39.5 Å². The molecule has 0 aliphatic carbocycles. The van der Waals surface area contributed by atoms with Gasteiger partial charge in [-0.05, 0) is 12.2 Å². The molecule has 0 atom stereocenters. The molecule has 0 aromatic rings. The van der Waals surface area contributed by atoms with E-state index < -0.39 is 36.9 Å². The second-order valence-corrected chi connectivity index (χ2v) is 3.26. The third-order valence-electron chi connectivity index (χ3n) is 1.81. The second kappa shape index (κ2) is 5.04. The number of hydrogen-bond donors (Lipinski definition) is 0. The molecule has 0 aliphatic rings. The van der Waals surface area contributed by atoms with Gasteiger partial charge in [0, 0.05) is 6.42 Å². The Morgan fingerprint density at radius 3 is 1.61 bits per heavy atom. The lowest BCUT2D eigenvalue weighted by atomic mass is 10.0. The summed E-state index contributed by atoms with van der Waals surface area (Å²) in [6.07, 6.45) is -8.82. The molecule has 0 spiro atoms. The van der Waals surface area contributed by atoms with Crippen molar-refractivity contribution in [3.05, 3.63) is 0 Å². The summed E-state index contributed by atoms with van der Waals surface area (Å²) in [6, 6.07) is 0. The summed E-state index contributed by atoms with van der Waals surface area (Å²) >= 11 is 3.89. The number of aliphatic imine (C=N–C) groups is 1. The number of isothiocyanates is 1. The number of hydrogen-bond acceptors (Lipinski definition) is 2. The Morgan fingerprint density at radius 2 is 1.28 bits per heavy atom. The first-order valence-electron chi connectivity index (χ1n) is 4.05. The standard InChI is InChI=1S/C7H4F9NS/c8-4(9,1-2-17-3-18)5(10,11)6(12,13)7(14,15)16/h1-2H2. The third-order valence-corrected chi connectivity index (χ3v) is 1.94. The maximum Gasteiger partial charge on any atom is 0.460 e. The lowest BCUT2D eigenvalue weighted by Gasteiger charge is -2.33. The molecule has 0 fully saturated rings. The van der Waals surface area contributed by atoms with Crippen LogP contribution in [0.5, 0.6) is 0 Å². The van der Waals surface area contributed by atoms with Gasteiger partial charge < -0.3 is 0 Å². The Kier molecular flexibility index (Phi) is 4.81. The molecule has 0 amide bonds. The number of alkyl halides is 9. The van der Waals surface area contributed by atoms with E-state index in [0.29, 0.717) is 0 Å². The van der Waals surface area contributed by atoms with E-state index in [-0.39, 0.29) is 0 Å². The van der Waals surface area contributed by atoms with Crippen molar-refractivity contribution in [2.75, 3.05) is 6.54 Å². The smallest absolute Gasteiger partial charge is 0.232 e. The van der Waals surface area contributed by atoms with Crippen LogP contribution in [0.2, 0.25) is 0 Å². The molecule has 1 nitrogen and oxygen atoms in total. The van der Waals surface area contributed by atoms with Gasteiger partial charge in [-0.25, -0.2) is 4.99 Å². The van der Waals surface area contributed by atoms with E-state index in [1.54, 1.807) is 0 Å². The topological polar surface area (TPSA) is 12.4 Å². The first-order valence-corrected chi connectivity index (χ1v) is 4.46. The Morgan fingerprint density at radius 1 is 0.833 bits per heavy atom. The molecular formula is C7H4F9NS. The van der Waals surface area contributed by atoms with Crippen LogP contribution in [0.15, 0.2) is 4.99 Å². The van der Waals surface area contributed by atoms with Crippen molar-refractivity contribution in [3.8, 4) is 0 Å². The summed E-state index contributed by atoms with van der Waals surface area (Å²) in [5, 5.41) is 1.48. The van der Waals surface area contributed by atoms with Crippen molar-refractivity contribution < 1.29 is 39.5 Å². The van der Waals surface area contributed by atoms with E-state index in [1.165, 1.54) is 5.16 Å². The molecular weight excluding hydrogens is 301 g/mol. The van der Waals surface area contributed by atoms with Crippen LogP contribution in [0.4, 0.5) is 39.5 Å². The lowest BCUT2D eigenvalue weighted by Crippen LogP contribution is -2.60. The summed E-state index contributed by atoms with van der Waals surface area (Å²) in [7, 11) is 0. The van der Waals surface area contributed by atoms with Gasteiger partial charge in [-0.3, -0.25) is 0 Å². The Labute approximate surface area is 99.7 Å². The van der Waals surface area contributed by atoms with Crippen LogP contribution in [0.1, 0.15) is 6.42 Å². The lowest BCUT2D eigenvalue weighted by molar-refractivity contribution is -0.396. The zero-order chi connectivity index (χ0) is 14.8. The van der Waals surface area contributed by atoms with Crippen LogP contribution in [0.3, 0.4) is 0 Å². The molecule has 0 N–H and O–H groups in total. The predicted octanol–water partition coefficient (Wildman–Crippen LogP) is 3.95. The van der Waals surface area contributed by atoms with Gasteiger partial charge in [-0.15, -0.1) is 0 Å². The minimum atomic E-state index is -6.86. The van der Waals surface area contributed by atoms with Crippen LogP contribution < -0.4 is 0 Å². The minimum absolute atomic E-state index is 1.15.